The van der Waals surface area contributed by atoms with Crippen LogP contribution in [-0.4, -0.2) is 26.5 Å². The molecule has 0 spiro atoms. The Labute approximate surface area is 132 Å². The molecule has 0 saturated carbocycles. The van der Waals surface area contributed by atoms with Gasteiger partial charge >= 0.3 is 0 Å². The number of nitrogens with zero attached hydrogens (tertiary/aromatic N) is 3. The lowest BCUT2D eigenvalue weighted by Crippen LogP contribution is -2.36. The smallest absolute Gasteiger partial charge is 0.224 e. The molecular weight excluding hydrogens is 302 g/mol. The van der Waals surface area contributed by atoms with Gasteiger partial charge in [-0.15, -0.1) is 23.1 Å². The molecule has 2 aromatic rings. The number of carbonyl (C=O) groups excluding carboxylic acids is 1. The van der Waals surface area contributed by atoms with Crippen molar-refractivity contribution in [1.82, 2.24) is 14.9 Å². The fraction of sp³-hybridized carbons (Fsp3) is 0.400. The molecular formula is C15H17N3OS2. The molecule has 1 aliphatic rings. The lowest BCUT2D eigenvalue weighted by atomic mass is 10.3. The number of thioether (sulfide) groups is 1. The summed E-state index contributed by atoms with van der Waals surface area (Å²) >= 11 is 3.59. The number of hydrogen-bond acceptors (Lipinski definition) is 5. The summed E-state index contributed by atoms with van der Waals surface area (Å²) in [4.78, 5) is 25.4. The van der Waals surface area contributed by atoms with Crippen LogP contribution in [0.25, 0.3) is 0 Å². The van der Waals surface area contributed by atoms with Gasteiger partial charge in [-0.05, 0) is 26.0 Å². The summed E-state index contributed by atoms with van der Waals surface area (Å²) < 4.78 is 0. The molecule has 0 N–H and O–H groups in total. The summed E-state index contributed by atoms with van der Waals surface area (Å²) in [5.74, 6) is 1.09. The molecule has 0 aliphatic carbocycles. The van der Waals surface area contributed by atoms with Crippen LogP contribution in [0, 0.1) is 13.8 Å². The van der Waals surface area contributed by atoms with Crippen LogP contribution in [0.5, 0.6) is 0 Å². The van der Waals surface area contributed by atoms with Gasteiger partial charge in [0, 0.05) is 28.1 Å². The molecule has 3 heterocycles. The Kier molecular flexibility index (Phi) is 4.26. The maximum absolute atomic E-state index is 12.3. The fourth-order valence-corrected chi connectivity index (χ4v) is 4.64. The van der Waals surface area contributed by atoms with Gasteiger partial charge < -0.3 is 4.90 Å². The predicted molar refractivity (Wildman–Crippen MR) is 86.2 cm³/mol. The van der Waals surface area contributed by atoms with Crippen molar-refractivity contribution in [3.05, 3.63) is 45.7 Å². The Morgan fingerprint density at radius 1 is 1.29 bits per heavy atom. The quantitative estimate of drug-likeness (QED) is 0.870. The minimum Gasteiger partial charge on any atom is -0.320 e. The molecule has 21 heavy (non-hydrogen) atoms. The zero-order valence-corrected chi connectivity index (χ0v) is 13.7. The van der Waals surface area contributed by atoms with E-state index >= 15 is 0 Å². The van der Waals surface area contributed by atoms with Gasteiger partial charge in [-0.1, -0.05) is 0 Å². The number of hydrogen-bond donors (Lipinski definition) is 0. The molecule has 110 valence electrons. The average molecular weight is 319 g/mol. The van der Waals surface area contributed by atoms with E-state index in [0.29, 0.717) is 13.0 Å². The van der Waals surface area contributed by atoms with Gasteiger partial charge in [0.05, 0.1) is 24.1 Å². The first-order valence-corrected chi connectivity index (χ1v) is 8.75. The zero-order valence-electron chi connectivity index (χ0n) is 12.1. The Hall–Kier alpha value is -1.40. The Bertz CT molecular complexity index is 639. The number of rotatable bonds is 3. The first kappa shape index (κ1) is 14.5. The van der Waals surface area contributed by atoms with E-state index in [1.165, 1.54) is 9.75 Å². The lowest BCUT2D eigenvalue weighted by Gasteiger charge is -2.34. The van der Waals surface area contributed by atoms with E-state index in [2.05, 4.69) is 29.0 Å². The standard InChI is InChI=1S/C15H17N3OS2/c1-10-7-17-12(8-16-10)9-18-14(19)5-6-20-15(18)13-4-3-11(2)21-13/h3-4,7-8,15H,5-6,9H2,1-2H3. The van der Waals surface area contributed by atoms with Crippen LogP contribution >= 0.6 is 23.1 Å². The van der Waals surface area contributed by atoms with E-state index in [4.69, 9.17) is 0 Å². The normalized spacial score (nSPS) is 19.0. The van der Waals surface area contributed by atoms with Crippen molar-refractivity contribution in [2.45, 2.75) is 32.2 Å². The average Bonchev–Trinajstić information content (AvgIpc) is 2.90. The molecule has 1 unspecified atom stereocenters. The summed E-state index contributed by atoms with van der Waals surface area (Å²) in [6.07, 6.45) is 4.12. The van der Waals surface area contributed by atoms with E-state index < -0.39 is 0 Å². The van der Waals surface area contributed by atoms with E-state index in [1.54, 1.807) is 23.7 Å². The third-order valence-corrected chi connectivity index (χ3v) is 5.83. The Morgan fingerprint density at radius 3 is 2.81 bits per heavy atom. The maximum Gasteiger partial charge on any atom is 0.224 e. The van der Waals surface area contributed by atoms with Gasteiger partial charge in [-0.3, -0.25) is 14.8 Å². The summed E-state index contributed by atoms with van der Waals surface area (Å²) in [5, 5.41) is 0.105. The van der Waals surface area contributed by atoms with Crippen molar-refractivity contribution in [2.75, 3.05) is 5.75 Å². The van der Waals surface area contributed by atoms with Crippen molar-refractivity contribution >= 4 is 29.0 Å². The lowest BCUT2D eigenvalue weighted by molar-refractivity contribution is -0.132. The van der Waals surface area contributed by atoms with E-state index in [1.807, 2.05) is 23.6 Å². The van der Waals surface area contributed by atoms with E-state index in [9.17, 15) is 4.79 Å². The number of amides is 1. The van der Waals surface area contributed by atoms with Crippen molar-refractivity contribution in [2.24, 2.45) is 0 Å². The van der Waals surface area contributed by atoms with Crippen LogP contribution in [0.3, 0.4) is 0 Å². The van der Waals surface area contributed by atoms with Gasteiger partial charge in [0.15, 0.2) is 0 Å². The van der Waals surface area contributed by atoms with Gasteiger partial charge in [0.1, 0.15) is 5.37 Å². The predicted octanol–water partition coefficient (Wildman–Crippen LogP) is 3.32. The number of carbonyl (C=O) groups is 1. The molecule has 1 amide bonds. The monoisotopic (exact) mass is 319 g/mol. The highest BCUT2D eigenvalue weighted by atomic mass is 32.2. The minimum absolute atomic E-state index is 0.105. The highest BCUT2D eigenvalue weighted by Gasteiger charge is 2.31. The molecule has 6 heteroatoms. The van der Waals surface area contributed by atoms with Gasteiger partial charge in [-0.25, -0.2) is 0 Å². The number of aryl methyl sites for hydroxylation is 2. The molecule has 1 saturated heterocycles. The minimum atomic E-state index is 0.105. The van der Waals surface area contributed by atoms with Crippen molar-refractivity contribution in [3.63, 3.8) is 0 Å². The molecule has 1 fully saturated rings. The summed E-state index contributed by atoms with van der Waals surface area (Å²) in [6.45, 7) is 4.54. The number of thiophene rings is 1. The molecule has 0 bridgehead atoms. The van der Waals surface area contributed by atoms with E-state index in [0.717, 1.165) is 17.1 Å². The maximum atomic E-state index is 12.3. The summed E-state index contributed by atoms with van der Waals surface area (Å²) in [6, 6.07) is 4.24. The molecule has 4 nitrogen and oxygen atoms in total. The second kappa shape index (κ2) is 6.15. The SMILES string of the molecule is Cc1cnc(CN2C(=O)CCSC2c2ccc(C)s2)cn1. The van der Waals surface area contributed by atoms with Crippen LogP contribution in [0.15, 0.2) is 24.5 Å². The van der Waals surface area contributed by atoms with Gasteiger partial charge in [0.25, 0.3) is 0 Å². The van der Waals surface area contributed by atoms with Crippen LogP contribution < -0.4 is 0 Å². The highest BCUT2D eigenvalue weighted by Crippen LogP contribution is 2.40. The molecule has 0 aromatic carbocycles. The first-order valence-electron chi connectivity index (χ1n) is 6.88. The van der Waals surface area contributed by atoms with Gasteiger partial charge in [0.2, 0.25) is 5.91 Å². The van der Waals surface area contributed by atoms with Crippen molar-refractivity contribution in [1.29, 1.82) is 0 Å². The Morgan fingerprint density at radius 2 is 2.14 bits per heavy atom. The van der Waals surface area contributed by atoms with E-state index in [-0.39, 0.29) is 11.3 Å². The molecule has 3 rings (SSSR count). The third-order valence-electron chi connectivity index (χ3n) is 3.37. The van der Waals surface area contributed by atoms with Crippen LogP contribution in [-0.2, 0) is 11.3 Å². The first-order chi connectivity index (χ1) is 10.1. The molecule has 1 atom stereocenters. The second-order valence-electron chi connectivity index (χ2n) is 5.09. The molecule has 1 aliphatic heterocycles. The molecule has 0 radical (unpaired) electrons. The topological polar surface area (TPSA) is 46.1 Å². The fourth-order valence-electron chi connectivity index (χ4n) is 2.29. The third kappa shape index (κ3) is 3.27. The highest BCUT2D eigenvalue weighted by molar-refractivity contribution is 7.99. The summed E-state index contributed by atoms with van der Waals surface area (Å²) in [5.41, 5.74) is 1.73. The second-order valence-corrected chi connectivity index (χ2v) is 7.60. The largest absolute Gasteiger partial charge is 0.320 e. The van der Waals surface area contributed by atoms with Crippen LogP contribution in [0.2, 0.25) is 0 Å². The van der Waals surface area contributed by atoms with Crippen LogP contribution in [0.4, 0.5) is 0 Å². The molecule has 2 aromatic heterocycles. The Balaban J connectivity index is 1.84. The number of aromatic nitrogens is 2. The van der Waals surface area contributed by atoms with Crippen LogP contribution in [0.1, 0.15) is 32.9 Å². The summed E-state index contributed by atoms with van der Waals surface area (Å²) in [7, 11) is 0. The zero-order chi connectivity index (χ0) is 14.8. The van der Waals surface area contributed by atoms with Crippen molar-refractivity contribution in [3.8, 4) is 0 Å². The van der Waals surface area contributed by atoms with Crippen molar-refractivity contribution < 1.29 is 4.79 Å². The van der Waals surface area contributed by atoms with Gasteiger partial charge in [-0.2, -0.15) is 0 Å².